The van der Waals surface area contributed by atoms with E-state index in [-0.39, 0.29) is 0 Å². The van der Waals surface area contributed by atoms with Crippen LogP contribution in [0.4, 0.5) is 11.4 Å². The molecule has 0 saturated heterocycles. The van der Waals surface area contributed by atoms with Crippen LogP contribution in [0.3, 0.4) is 0 Å². The number of para-hydroxylation sites is 1. The molecule has 0 unspecified atom stereocenters. The molecule has 2 rings (SSSR count). The van der Waals surface area contributed by atoms with Crippen LogP contribution in [-0.2, 0) is 0 Å². The molecule has 0 amide bonds. The topological polar surface area (TPSA) is 35.8 Å². The van der Waals surface area contributed by atoms with Crippen LogP contribution >= 0.6 is 0 Å². The Kier molecular flexibility index (Phi) is 3.11. The minimum Gasteiger partial charge on any atom is -0.355 e. The van der Waals surface area contributed by atoms with E-state index in [1.54, 1.807) is 0 Å². The van der Waals surface area contributed by atoms with Gasteiger partial charge in [-0.3, -0.25) is 0 Å². The lowest BCUT2D eigenvalue weighted by atomic mass is 10.1. The van der Waals surface area contributed by atoms with E-state index in [1.165, 1.54) is 11.1 Å². The van der Waals surface area contributed by atoms with Crippen LogP contribution in [0.5, 0.6) is 0 Å². The number of nitrogens with one attached hydrogen (secondary N) is 1. The minimum absolute atomic E-state index is 0.678. The fraction of sp³-hybridized carbons (Fsp3) is 0.133. The Morgan fingerprint density at radius 3 is 2.06 bits per heavy atom. The summed E-state index contributed by atoms with van der Waals surface area (Å²) < 4.78 is 0. The third-order valence-electron chi connectivity index (χ3n) is 2.76. The third-order valence-corrected chi connectivity index (χ3v) is 2.76. The number of nitriles is 1. The van der Waals surface area contributed by atoms with E-state index in [1.807, 2.05) is 24.3 Å². The summed E-state index contributed by atoms with van der Waals surface area (Å²) in [5.41, 5.74) is 5.25. The van der Waals surface area contributed by atoms with E-state index < -0.39 is 0 Å². The first-order chi connectivity index (χ1) is 8.20. The van der Waals surface area contributed by atoms with Gasteiger partial charge in [-0.2, -0.15) is 5.26 Å². The summed E-state index contributed by atoms with van der Waals surface area (Å²) >= 11 is 0. The fourth-order valence-corrected chi connectivity index (χ4v) is 1.78. The highest BCUT2D eigenvalue weighted by molar-refractivity contribution is 5.66. The van der Waals surface area contributed by atoms with Gasteiger partial charge in [-0.25, -0.2) is 0 Å². The molecule has 0 aliphatic heterocycles. The van der Waals surface area contributed by atoms with E-state index in [0.29, 0.717) is 5.56 Å². The molecular weight excluding hydrogens is 208 g/mol. The Morgan fingerprint density at radius 1 is 0.941 bits per heavy atom. The van der Waals surface area contributed by atoms with E-state index in [9.17, 15) is 0 Å². The molecule has 1 N–H and O–H groups in total. The van der Waals surface area contributed by atoms with E-state index in [2.05, 4.69) is 43.4 Å². The minimum atomic E-state index is 0.678. The Morgan fingerprint density at radius 2 is 1.53 bits per heavy atom. The number of hydrogen-bond donors (Lipinski definition) is 1. The predicted molar refractivity (Wildman–Crippen MR) is 70.4 cm³/mol. The van der Waals surface area contributed by atoms with Crippen LogP contribution in [0.25, 0.3) is 0 Å². The zero-order chi connectivity index (χ0) is 12.3. The summed E-state index contributed by atoms with van der Waals surface area (Å²) in [5.74, 6) is 0. The van der Waals surface area contributed by atoms with Gasteiger partial charge >= 0.3 is 0 Å². The van der Waals surface area contributed by atoms with Crippen molar-refractivity contribution in [2.75, 3.05) is 5.32 Å². The van der Waals surface area contributed by atoms with E-state index in [4.69, 9.17) is 5.26 Å². The van der Waals surface area contributed by atoms with Crippen molar-refractivity contribution < 1.29 is 0 Å². The van der Waals surface area contributed by atoms with Crippen molar-refractivity contribution in [3.63, 3.8) is 0 Å². The van der Waals surface area contributed by atoms with Crippen molar-refractivity contribution in [1.82, 2.24) is 0 Å². The third kappa shape index (κ3) is 2.46. The van der Waals surface area contributed by atoms with Gasteiger partial charge in [0.15, 0.2) is 0 Å². The zero-order valence-corrected chi connectivity index (χ0v) is 9.99. The molecule has 2 aromatic carbocycles. The summed E-state index contributed by atoms with van der Waals surface area (Å²) in [5, 5.41) is 12.1. The number of rotatable bonds is 2. The molecule has 0 aromatic heterocycles. The molecule has 0 aliphatic carbocycles. The second-order valence-electron chi connectivity index (χ2n) is 4.08. The van der Waals surface area contributed by atoms with Crippen molar-refractivity contribution in [1.29, 1.82) is 5.26 Å². The maximum absolute atomic E-state index is 8.74. The SMILES string of the molecule is Cc1cccc(C)c1Nc1ccc(C#N)cc1. The summed E-state index contributed by atoms with van der Waals surface area (Å²) in [6.07, 6.45) is 0. The van der Waals surface area contributed by atoms with Crippen molar-refractivity contribution in [2.24, 2.45) is 0 Å². The molecule has 17 heavy (non-hydrogen) atoms. The molecule has 0 atom stereocenters. The zero-order valence-electron chi connectivity index (χ0n) is 9.99. The van der Waals surface area contributed by atoms with Crippen molar-refractivity contribution in [3.05, 3.63) is 59.2 Å². The first-order valence-electron chi connectivity index (χ1n) is 5.54. The average Bonchev–Trinajstić information content (AvgIpc) is 2.35. The highest BCUT2D eigenvalue weighted by Gasteiger charge is 2.02. The second-order valence-corrected chi connectivity index (χ2v) is 4.08. The van der Waals surface area contributed by atoms with Gasteiger partial charge < -0.3 is 5.32 Å². The van der Waals surface area contributed by atoms with Crippen LogP contribution in [0.2, 0.25) is 0 Å². The number of benzene rings is 2. The average molecular weight is 222 g/mol. The van der Waals surface area contributed by atoms with Crippen molar-refractivity contribution >= 4 is 11.4 Å². The lowest BCUT2D eigenvalue weighted by molar-refractivity contribution is 1.36. The van der Waals surface area contributed by atoms with Gasteiger partial charge in [-0.1, -0.05) is 18.2 Å². The van der Waals surface area contributed by atoms with E-state index >= 15 is 0 Å². The van der Waals surface area contributed by atoms with Gasteiger partial charge in [0, 0.05) is 11.4 Å². The van der Waals surface area contributed by atoms with Gasteiger partial charge in [-0.05, 0) is 49.2 Å². The summed E-state index contributed by atoms with van der Waals surface area (Å²) in [6.45, 7) is 4.16. The lowest BCUT2D eigenvalue weighted by Crippen LogP contribution is -1.95. The van der Waals surface area contributed by atoms with E-state index in [0.717, 1.165) is 11.4 Å². The van der Waals surface area contributed by atoms with Gasteiger partial charge in [0.05, 0.1) is 11.6 Å². The predicted octanol–water partition coefficient (Wildman–Crippen LogP) is 3.92. The number of nitrogens with zero attached hydrogens (tertiary/aromatic N) is 1. The molecule has 2 nitrogen and oxygen atoms in total. The molecule has 0 aliphatic rings. The summed E-state index contributed by atoms with van der Waals surface area (Å²) in [4.78, 5) is 0. The maximum Gasteiger partial charge on any atom is 0.0991 e. The molecular formula is C15H14N2. The molecule has 2 heteroatoms. The first kappa shape index (κ1) is 11.2. The largest absolute Gasteiger partial charge is 0.355 e. The molecule has 0 spiro atoms. The molecule has 84 valence electrons. The normalized spacial score (nSPS) is 9.71. The van der Waals surface area contributed by atoms with Gasteiger partial charge in [-0.15, -0.1) is 0 Å². The van der Waals surface area contributed by atoms with Gasteiger partial charge in [0.25, 0.3) is 0 Å². The molecule has 2 aromatic rings. The van der Waals surface area contributed by atoms with Gasteiger partial charge in [0.2, 0.25) is 0 Å². The maximum atomic E-state index is 8.74. The van der Waals surface area contributed by atoms with Crippen LogP contribution in [0.15, 0.2) is 42.5 Å². The van der Waals surface area contributed by atoms with Gasteiger partial charge in [0.1, 0.15) is 0 Å². The molecule has 0 bridgehead atoms. The van der Waals surface area contributed by atoms with Crippen LogP contribution < -0.4 is 5.32 Å². The quantitative estimate of drug-likeness (QED) is 0.836. The summed E-state index contributed by atoms with van der Waals surface area (Å²) in [6, 6.07) is 15.8. The monoisotopic (exact) mass is 222 g/mol. The first-order valence-corrected chi connectivity index (χ1v) is 5.54. The number of aryl methyl sites for hydroxylation is 2. The van der Waals surface area contributed by atoms with Crippen molar-refractivity contribution in [2.45, 2.75) is 13.8 Å². The van der Waals surface area contributed by atoms with Crippen LogP contribution in [0.1, 0.15) is 16.7 Å². The fourth-order valence-electron chi connectivity index (χ4n) is 1.78. The number of anilines is 2. The highest BCUT2D eigenvalue weighted by Crippen LogP contribution is 2.24. The molecule has 0 heterocycles. The Labute approximate surface area is 102 Å². The number of hydrogen-bond acceptors (Lipinski definition) is 2. The standard InChI is InChI=1S/C15H14N2/c1-11-4-3-5-12(2)15(11)17-14-8-6-13(10-16)7-9-14/h3-9,17H,1-2H3. The highest BCUT2D eigenvalue weighted by atomic mass is 14.9. The lowest BCUT2D eigenvalue weighted by Gasteiger charge is -2.12. The molecule has 0 radical (unpaired) electrons. The Hall–Kier alpha value is -2.27. The second kappa shape index (κ2) is 4.71. The van der Waals surface area contributed by atoms with Crippen LogP contribution in [-0.4, -0.2) is 0 Å². The van der Waals surface area contributed by atoms with Crippen LogP contribution in [0, 0.1) is 25.2 Å². The summed E-state index contributed by atoms with van der Waals surface area (Å²) in [7, 11) is 0. The Balaban J connectivity index is 2.29. The smallest absolute Gasteiger partial charge is 0.0991 e. The van der Waals surface area contributed by atoms with Crippen molar-refractivity contribution in [3.8, 4) is 6.07 Å². The Bertz CT molecular complexity index is 542. The molecule has 0 fully saturated rings. The molecule has 0 saturated carbocycles.